The molecule has 160 valence electrons. The van der Waals surface area contributed by atoms with E-state index in [4.69, 9.17) is 4.74 Å². The molecule has 31 heavy (non-hydrogen) atoms. The molecule has 2 heterocycles. The summed E-state index contributed by atoms with van der Waals surface area (Å²) in [7, 11) is 0. The summed E-state index contributed by atoms with van der Waals surface area (Å²) < 4.78 is 6.14. The van der Waals surface area contributed by atoms with E-state index in [1.165, 1.54) is 28.7 Å². The fourth-order valence-corrected chi connectivity index (χ4v) is 5.04. The number of carbonyl (C=O) groups excluding carboxylic acids is 2. The number of hydrogen-bond acceptors (Lipinski definition) is 7. The molecule has 9 heteroatoms. The number of rotatable bonds is 7. The lowest BCUT2D eigenvalue weighted by Gasteiger charge is -2.29. The van der Waals surface area contributed by atoms with Crippen LogP contribution in [0.2, 0.25) is 0 Å². The third kappa shape index (κ3) is 5.05. The van der Waals surface area contributed by atoms with Crippen molar-refractivity contribution in [2.24, 2.45) is 0 Å². The maximum Gasteiger partial charge on any atom is 0.261 e. The monoisotopic (exact) mass is 454 g/mol. The first-order chi connectivity index (χ1) is 15.2. The summed E-state index contributed by atoms with van der Waals surface area (Å²) in [6.45, 7) is 3.07. The van der Waals surface area contributed by atoms with Crippen molar-refractivity contribution in [2.75, 3.05) is 29.1 Å². The number of thioether (sulfide) groups is 1. The van der Waals surface area contributed by atoms with Gasteiger partial charge in [0.2, 0.25) is 11.0 Å². The van der Waals surface area contributed by atoms with Crippen LogP contribution in [0.3, 0.4) is 0 Å². The molecule has 2 aromatic carbocycles. The molecule has 1 aliphatic heterocycles. The van der Waals surface area contributed by atoms with Gasteiger partial charge in [0.1, 0.15) is 5.75 Å². The molecule has 1 N–H and O–H groups in total. The van der Waals surface area contributed by atoms with E-state index >= 15 is 0 Å². The molecule has 3 aromatic rings. The standard InChI is InChI=1S/C22H22N4O3S2/c1-2-29-18-12-6-4-10-16(18)20(28)23-21-24-25-22(31-21)30-14-19(27)26-13-7-9-15-8-3-5-11-17(15)26/h3-6,8,10-12H,2,7,9,13-14H2,1H3,(H,23,24,28). The zero-order valence-corrected chi connectivity index (χ0v) is 18.7. The summed E-state index contributed by atoms with van der Waals surface area (Å²) in [4.78, 5) is 27.2. The maximum atomic E-state index is 12.8. The molecule has 0 radical (unpaired) electrons. The van der Waals surface area contributed by atoms with Crippen LogP contribution in [0.5, 0.6) is 5.75 Å². The molecule has 2 amide bonds. The Hall–Kier alpha value is -2.91. The van der Waals surface area contributed by atoms with Crippen LogP contribution in [0.15, 0.2) is 52.9 Å². The number of nitrogens with one attached hydrogen (secondary N) is 1. The normalized spacial score (nSPS) is 12.9. The molecule has 0 spiro atoms. The van der Waals surface area contributed by atoms with Crippen LogP contribution in [0.4, 0.5) is 10.8 Å². The zero-order chi connectivity index (χ0) is 21.6. The first-order valence-electron chi connectivity index (χ1n) is 10.0. The number of benzene rings is 2. The zero-order valence-electron chi connectivity index (χ0n) is 17.0. The van der Waals surface area contributed by atoms with Crippen molar-refractivity contribution in [3.05, 3.63) is 59.7 Å². The third-order valence-corrected chi connectivity index (χ3v) is 6.75. The SMILES string of the molecule is CCOc1ccccc1C(=O)Nc1nnc(SCC(=O)N2CCCc3ccccc32)s1. The van der Waals surface area contributed by atoms with Gasteiger partial charge in [0.05, 0.1) is 17.9 Å². The van der Waals surface area contributed by atoms with E-state index in [9.17, 15) is 9.59 Å². The maximum absolute atomic E-state index is 12.8. The van der Waals surface area contributed by atoms with E-state index in [2.05, 4.69) is 21.6 Å². The number of hydrogen-bond donors (Lipinski definition) is 1. The second-order valence-corrected chi connectivity index (χ2v) is 9.02. The van der Waals surface area contributed by atoms with Gasteiger partial charge in [-0.15, -0.1) is 10.2 Å². The highest BCUT2D eigenvalue weighted by Gasteiger charge is 2.22. The Morgan fingerprint density at radius 2 is 1.97 bits per heavy atom. The summed E-state index contributed by atoms with van der Waals surface area (Å²) in [6.07, 6.45) is 1.96. The molecule has 0 saturated heterocycles. The van der Waals surface area contributed by atoms with E-state index < -0.39 is 0 Å². The van der Waals surface area contributed by atoms with Crippen molar-refractivity contribution in [2.45, 2.75) is 24.1 Å². The van der Waals surface area contributed by atoms with Crippen molar-refractivity contribution in [1.82, 2.24) is 10.2 Å². The number of aryl methyl sites for hydroxylation is 1. The van der Waals surface area contributed by atoms with E-state index in [0.717, 1.165) is 25.1 Å². The topological polar surface area (TPSA) is 84.4 Å². The Labute approximate surface area is 188 Å². The van der Waals surface area contributed by atoms with E-state index in [1.54, 1.807) is 18.2 Å². The van der Waals surface area contributed by atoms with Crippen LogP contribution in [-0.2, 0) is 11.2 Å². The number of fused-ring (bicyclic) bond motifs is 1. The minimum absolute atomic E-state index is 0.0450. The van der Waals surface area contributed by atoms with Crippen LogP contribution in [0.1, 0.15) is 29.3 Å². The molecule has 0 saturated carbocycles. The number of carbonyl (C=O) groups is 2. The predicted octanol–water partition coefficient (Wildman–Crippen LogP) is 4.26. The fraction of sp³-hybridized carbons (Fsp3) is 0.273. The van der Waals surface area contributed by atoms with Crippen LogP contribution in [-0.4, -0.2) is 40.9 Å². The molecular formula is C22H22N4O3S2. The summed E-state index contributed by atoms with van der Waals surface area (Å²) in [5.41, 5.74) is 2.64. The second kappa shape index (κ2) is 9.93. The van der Waals surface area contributed by atoms with E-state index in [-0.39, 0.29) is 17.6 Å². The van der Waals surface area contributed by atoms with Crippen LogP contribution in [0.25, 0.3) is 0 Å². The van der Waals surface area contributed by atoms with Gasteiger partial charge in [0.25, 0.3) is 5.91 Å². The molecule has 1 aliphatic rings. The van der Waals surface area contributed by atoms with Crippen molar-refractivity contribution in [3.63, 3.8) is 0 Å². The quantitative estimate of drug-likeness (QED) is 0.424. The average molecular weight is 455 g/mol. The summed E-state index contributed by atoms with van der Waals surface area (Å²) >= 11 is 2.58. The minimum Gasteiger partial charge on any atom is -0.493 e. The highest BCUT2D eigenvalue weighted by Crippen LogP contribution is 2.30. The molecule has 0 atom stereocenters. The van der Waals surface area contributed by atoms with Gasteiger partial charge in [-0.05, 0) is 43.5 Å². The van der Waals surface area contributed by atoms with Crippen molar-refractivity contribution in [3.8, 4) is 5.75 Å². The number of nitrogens with zero attached hydrogens (tertiary/aromatic N) is 3. The summed E-state index contributed by atoms with van der Waals surface area (Å²) in [5.74, 6) is 0.528. The lowest BCUT2D eigenvalue weighted by atomic mass is 10.0. The smallest absolute Gasteiger partial charge is 0.261 e. The van der Waals surface area contributed by atoms with Crippen LogP contribution >= 0.6 is 23.1 Å². The second-order valence-electron chi connectivity index (χ2n) is 6.82. The van der Waals surface area contributed by atoms with E-state index in [1.807, 2.05) is 36.1 Å². The predicted molar refractivity (Wildman–Crippen MR) is 123 cm³/mol. The van der Waals surface area contributed by atoms with Gasteiger partial charge in [-0.2, -0.15) is 0 Å². The Morgan fingerprint density at radius 1 is 1.16 bits per heavy atom. The number of anilines is 2. The molecule has 0 fully saturated rings. The Balaban J connectivity index is 1.36. The summed E-state index contributed by atoms with van der Waals surface area (Å²) in [6, 6.07) is 15.1. The Kier molecular flexibility index (Phi) is 6.83. The first kappa shape index (κ1) is 21.3. The average Bonchev–Trinajstić information content (AvgIpc) is 3.25. The van der Waals surface area contributed by atoms with Gasteiger partial charge in [0.15, 0.2) is 4.34 Å². The lowest BCUT2D eigenvalue weighted by molar-refractivity contribution is -0.116. The van der Waals surface area contributed by atoms with Gasteiger partial charge in [0, 0.05) is 12.2 Å². The van der Waals surface area contributed by atoms with Crippen molar-refractivity contribution < 1.29 is 14.3 Å². The molecule has 0 aliphatic carbocycles. The lowest BCUT2D eigenvalue weighted by Crippen LogP contribution is -2.36. The number of aromatic nitrogens is 2. The number of para-hydroxylation sites is 2. The largest absolute Gasteiger partial charge is 0.493 e. The van der Waals surface area contributed by atoms with E-state index in [0.29, 0.717) is 27.4 Å². The van der Waals surface area contributed by atoms with Gasteiger partial charge in [-0.25, -0.2) is 0 Å². The number of ether oxygens (including phenoxy) is 1. The molecule has 0 bridgehead atoms. The highest BCUT2D eigenvalue weighted by atomic mass is 32.2. The van der Waals surface area contributed by atoms with Gasteiger partial charge >= 0.3 is 0 Å². The Bertz CT molecular complexity index is 1090. The minimum atomic E-state index is -0.308. The number of amides is 2. The summed E-state index contributed by atoms with van der Waals surface area (Å²) in [5, 5.41) is 11.3. The van der Waals surface area contributed by atoms with Crippen LogP contribution < -0.4 is 15.0 Å². The molecule has 1 aromatic heterocycles. The van der Waals surface area contributed by atoms with Gasteiger partial charge in [-0.3, -0.25) is 14.9 Å². The highest BCUT2D eigenvalue weighted by molar-refractivity contribution is 8.01. The van der Waals surface area contributed by atoms with Crippen LogP contribution in [0, 0.1) is 0 Å². The molecule has 7 nitrogen and oxygen atoms in total. The first-order valence-corrected chi connectivity index (χ1v) is 11.8. The third-order valence-electron chi connectivity index (χ3n) is 4.79. The van der Waals surface area contributed by atoms with Gasteiger partial charge < -0.3 is 9.64 Å². The molecule has 0 unspecified atom stereocenters. The van der Waals surface area contributed by atoms with Crippen molar-refractivity contribution in [1.29, 1.82) is 0 Å². The fourth-order valence-electron chi connectivity index (χ4n) is 3.41. The van der Waals surface area contributed by atoms with Crippen molar-refractivity contribution >= 4 is 45.7 Å². The van der Waals surface area contributed by atoms with Gasteiger partial charge in [-0.1, -0.05) is 53.4 Å². The Morgan fingerprint density at radius 3 is 2.84 bits per heavy atom. The molecular weight excluding hydrogens is 432 g/mol. The molecule has 4 rings (SSSR count).